The van der Waals surface area contributed by atoms with E-state index in [0.717, 1.165) is 30.1 Å². The molecule has 1 saturated heterocycles. The van der Waals surface area contributed by atoms with Crippen LogP contribution >= 0.6 is 11.3 Å². The fourth-order valence-electron chi connectivity index (χ4n) is 3.47. The number of likely N-dealkylation sites (tertiary alicyclic amines) is 1. The Morgan fingerprint density at radius 1 is 1.30 bits per heavy atom. The van der Waals surface area contributed by atoms with Gasteiger partial charge in [0.25, 0.3) is 5.56 Å². The summed E-state index contributed by atoms with van der Waals surface area (Å²) in [5.74, 6) is 0. The quantitative estimate of drug-likeness (QED) is 0.741. The van der Waals surface area contributed by atoms with Crippen LogP contribution in [0.2, 0.25) is 0 Å². The third-order valence-electron chi connectivity index (χ3n) is 4.53. The maximum atomic E-state index is 12.4. The van der Waals surface area contributed by atoms with Crippen LogP contribution in [0.4, 0.5) is 0 Å². The van der Waals surface area contributed by atoms with E-state index < -0.39 is 0 Å². The lowest BCUT2D eigenvalue weighted by Crippen LogP contribution is -2.25. The number of hydrogen-bond acceptors (Lipinski definition) is 4. The third-order valence-corrected chi connectivity index (χ3v) is 5.51. The fraction of sp³-hybridized carbons (Fsp3) is 0.333. The predicted octanol–water partition coefficient (Wildman–Crippen LogP) is 3.40. The van der Waals surface area contributed by atoms with Gasteiger partial charge in [-0.05, 0) is 49.9 Å². The molecule has 1 fully saturated rings. The maximum Gasteiger partial charge on any atom is 0.258 e. The molecule has 23 heavy (non-hydrogen) atoms. The molecular weight excluding hydrogens is 306 g/mol. The first-order valence-corrected chi connectivity index (χ1v) is 8.86. The van der Waals surface area contributed by atoms with E-state index in [1.165, 1.54) is 17.7 Å². The Labute approximate surface area is 139 Å². The van der Waals surface area contributed by atoms with E-state index in [2.05, 4.69) is 22.4 Å². The molecule has 1 aliphatic heterocycles. The zero-order valence-corrected chi connectivity index (χ0v) is 13.9. The number of rotatable bonds is 3. The first-order valence-electron chi connectivity index (χ1n) is 7.98. The van der Waals surface area contributed by atoms with E-state index in [1.807, 2.05) is 36.5 Å². The molecule has 1 aliphatic rings. The van der Waals surface area contributed by atoms with Crippen LogP contribution in [0, 0.1) is 6.92 Å². The van der Waals surface area contributed by atoms with E-state index in [1.54, 1.807) is 10.5 Å². The summed E-state index contributed by atoms with van der Waals surface area (Å²) in [6, 6.07) is 12.3. The Hall–Kier alpha value is -1.98. The molecule has 4 nitrogen and oxygen atoms in total. The number of nitrogens with zero attached hydrogens (tertiary/aromatic N) is 3. The van der Waals surface area contributed by atoms with Gasteiger partial charge in [0.15, 0.2) is 0 Å². The van der Waals surface area contributed by atoms with Crippen molar-refractivity contribution in [1.29, 1.82) is 0 Å². The van der Waals surface area contributed by atoms with E-state index in [0.29, 0.717) is 6.04 Å². The van der Waals surface area contributed by atoms with Gasteiger partial charge in [0, 0.05) is 29.2 Å². The van der Waals surface area contributed by atoms with Gasteiger partial charge in [0.2, 0.25) is 0 Å². The molecule has 1 unspecified atom stereocenters. The lowest BCUT2D eigenvalue weighted by Gasteiger charge is -2.23. The highest BCUT2D eigenvalue weighted by Crippen LogP contribution is 2.35. The van der Waals surface area contributed by atoms with Crippen molar-refractivity contribution < 1.29 is 0 Å². The zero-order chi connectivity index (χ0) is 15.8. The highest BCUT2D eigenvalue weighted by atomic mass is 32.1. The molecule has 4 rings (SSSR count). The Morgan fingerprint density at radius 2 is 2.22 bits per heavy atom. The Balaban J connectivity index is 1.66. The van der Waals surface area contributed by atoms with Crippen LogP contribution in [0.3, 0.4) is 0 Å². The lowest BCUT2D eigenvalue weighted by atomic mass is 10.2. The van der Waals surface area contributed by atoms with Crippen LogP contribution < -0.4 is 5.56 Å². The SMILES string of the molecule is Cc1cccc2nc(CN3CCCC3c3cccs3)cc(=O)n12. The summed E-state index contributed by atoms with van der Waals surface area (Å²) in [5, 5.41) is 2.13. The van der Waals surface area contributed by atoms with E-state index >= 15 is 0 Å². The van der Waals surface area contributed by atoms with Crippen LogP contribution in [0.1, 0.15) is 35.1 Å². The molecule has 1 atom stereocenters. The second kappa shape index (κ2) is 5.91. The number of hydrogen-bond donors (Lipinski definition) is 0. The lowest BCUT2D eigenvalue weighted by molar-refractivity contribution is 0.248. The summed E-state index contributed by atoms with van der Waals surface area (Å²) >= 11 is 1.81. The Kier molecular flexibility index (Phi) is 3.75. The van der Waals surface area contributed by atoms with Crippen molar-refractivity contribution in [2.75, 3.05) is 6.54 Å². The number of aryl methyl sites for hydroxylation is 1. The second-order valence-corrected chi connectivity index (χ2v) is 7.07. The normalized spacial score (nSPS) is 18.7. The van der Waals surface area contributed by atoms with Gasteiger partial charge in [-0.1, -0.05) is 12.1 Å². The van der Waals surface area contributed by atoms with Crippen LogP contribution in [-0.2, 0) is 6.54 Å². The van der Waals surface area contributed by atoms with E-state index in [-0.39, 0.29) is 5.56 Å². The second-order valence-electron chi connectivity index (χ2n) is 6.09. The first kappa shape index (κ1) is 14.6. The molecular formula is C18H19N3OS. The van der Waals surface area contributed by atoms with Crippen LogP contribution in [0.25, 0.3) is 5.65 Å². The first-order chi connectivity index (χ1) is 11.2. The minimum Gasteiger partial charge on any atom is -0.290 e. The molecule has 0 aromatic carbocycles. The number of fused-ring (bicyclic) bond motifs is 1. The van der Waals surface area contributed by atoms with Gasteiger partial charge in [-0.15, -0.1) is 11.3 Å². The highest BCUT2D eigenvalue weighted by molar-refractivity contribution is 7.10. The predicted molar refractivity (Wildman–Crippen MR) is 92.9 cm³/mol. The Bertz CT molecular complexity index is 885. The molecule has 118 valence electrons. The molecule has 3 aromatic rings. The largest absolute Gasteiger partial charge is 0.290 e. The summed E-state index contributed by atoms with van der Waals surface area (Å²) in [5.41, 5.74) is 2.53. The van der Waals surface area contributed by atoms with Crippen molar-refractivity contribution in [3.05, 3.63) is 68.4 Å². The fourth-order valence-corrected chi connectivity index (χ4v) is 4.37. The summed E-state index contributed by atoms with van der Waals surface area (Å²) < 4.78 is 1.67. The molecule has 4 heterocycles. The topological polar surface area (TPSA) is 37.6 Å². The molecule has 0 bridgehead atoms. The van der Waals surface area contributed by atoms with Gasteiger partial charge >= 0.3 is 0 Å². The monoisotopic (exact) mass is 325 g/mol. The third kappa shape index (κ3) is 2.71. The molecule has 0 spiro atoms. The van der Waals surface area contributed by atoms with Crippen molar-refractivity contribution >= 4 is 17.0 Å². The van der Waals surface area contributed by atoms with Gasteiger partial charge in [-0.2, -0.15) is 0 Å². The van der Waals surface area contributed by atoms with Crippen molar-refractivity contribution in [2.24, 2.45) is 0 Å². The van der Waals surface area contributed by atoms with Crippen LogP contribution in [-0.4, -0.2) is 20.8 Å². The van der Waals surface area contributed by atoms with E-state index in [9.17, 15) is 4.79 Å². The molecule has 5 heteroatoms. The average Bonchev–Trinajstić information content (AvgIpc) is 3.17. The van der Waals surface area contributed by atoms with Crippen molar-refractivity contribution in [3.8, 4) is 0 Å². The van der Waals surface area contributed by atoms with Gasteiger partial charge in [-0.25, -0.2) is 4.98 Å². The van der Waals surface area contributed by atoms with Crippen molar-refractivity contribution in [2.45, 2.75) is 32.4 Å². The molecule has 0 radical (unpaired) electrons. The van der Waals surface area contributed by atoms with Gasteiger partial charge in [0.05, 0.1) is 5.69 Å². The Morgan fingerprint density at radius 3 is 3.04 bits per heavy atom. The van der Waals surface area contributed by atoms with Crippen molar-refractivity contribution in [3.63, 3.8) is 0 Å². The van der Waals surface area contributed by atoms with Gasteiger partial charge in [0.1, 0.15) is 5.65 Å². The minimum atomic E-state index is 0.00923. The summed E-state index contributed by atoms with van der Waals surface area (Å²) in [6.07, 6.45) is 2.39. The van der Waals surface area contributed by atoms with Gasteiger partial charge < -0.3 is 0 Å². The smallest absolute Gasteiger partial charge is 0.258 e. The summed E-state index contributed by atoms with van der Waals surface area (Å²) in [7, 11) is 0. The number of pyridine rings is 1. The average molecular weight is 325 g/mol. The molecule has 0 aliphatic carbocycles. The highest BCUT2D eigenvalue weighted by Gasteiger charge is 2.27. The number of aromatic nitrogens is 2. The summed E-state index contributed by atoms with van der Waals surface area (Å²) in [6.45, 7) is 3.74. The number of thiophene rings is 1. The van der Waals surface area contributed by atoms with Crippen LogP contribution in [0.15, 0.2) is 46.6 Å². The van der Waals surface area contributed by atoms with Crippen molar-refractivity contribution in [1.82, 2.24) is 14.3 Å². The molecule has 0 saturated carbocycles. The van der Waals surface area contributed by atoms with E-state index in [4.69, 9.17) is 4.98 Å². The molecule has 0 amide bonds. The maximum absolute atomic E-state index is 12.4. The standard InChI is InChI=1S/C18H19N3OS/c1-13-5-2-8-17-19-14(11-18(22)21(13)17)12-20-9-3-6-15(20)16-7-4-10-23-16/h2,4-5,7-8,10-11,15H,3,6,9,12H2,1H3. The molecule has 0 N–H and O–H groups in total. The van der Waals surface area contributed by atoms with Gasteiger partial charge in [-0.3, -0.25) is 14.1 Å². The summed E-state index contributed by atoms with van der Waals surface area (Å²) in [4.78, 5) is 21.0. The molecule has 3 aromatic heterocycles. The van der Waals surface area contributed by atoms with Crippen LogP contribution in [0.5, 0.6) is 0 Å². The minimum absolute atomic E-state index is 0.00923. The zero-order valence-electron chi connectivity index (χ0n) is 13.1.